The highest BCUT2D eigenvalue weighted by atomic mass is 32.2. The fraction of sp³-hybridized carbons (Fsp3) is 0.222. The minimum absolute atomic E-state index is 0.0117. The second-order valence-corrected chi connectivity index (χ2v) is 7.54. The van der Waals surface area contributed by atoms with Crippen molar-refractivity contribution in [2.24, 2.45) is 0 Å². The van der Waals surface area contributed by atoms with E-state index in [0.29, 0.717) is 5.56 Å². The van der Waals surface area contributed by atoms with Crippen LogP contribution in [0.3, 0.4) is 0 Å². The first-order chi connectivity index (χ1) is 12.4. The molecule has 1 saturated carbocycles. The lowest BCUT2D eigenvalue weighted by Gasteiger charge is -2.07. The van der Waals surface area contributed by atoms with Crippen molar-refractivity contribution in [2.45, 2.75) is 23.8 Å². The molecule has 1 aliphatic rings. The summed E-state index contributed by atoms with van der Waals surface area (Å²) in [5, 5.41) is 0. The molecule has 2 aromatic rings. The second-order valence-electron chi connectivity index (χ2n) is 5.83. The first-order valence-electron chi connectivity index (χ1n) is 7.92. The number of sulfonamides is 1. The summed E-state index contributed by atoms with van der Waals surface area (Å²) in [6, 6.07) is 11.4. The molecule has 1 aliphatic carbocycles. The van der Waals surface area contributed by atoms with Gasteiger partial charge in [-0.3, -0.25) is 0 Å². The van der Waals surface area contributed by atoms with E-state index in [1.54, 1.807) is 0 Å². The van der Waals surface area contributed by atoms with Crippen LogP contribution in [0.4, 0.5) is 0 Å². The van der Waals surface area contributed by atoms with Crippen LogP contribution in [0.2, 0.25) is 0 Å². The number of hydrogen-bond donors (Lipinski definition) is 1. The summed E-state index contributed by atoms with van der Waals surface area (Å²) in [6.45, 7) is 0. The molecular formula is C18H17NO6S. The van der Waals surface area contributed by atoms with E-state index >= 15 is 0 Å². The van der Waals surface area contributed by atoms with E-state index in [1.165, 1.54) is 55.6 Å². The average Bonchev–Trinajstić information content (AvgIpc) is 3.45. The molecule has 0 saturated heterocycles. The minimum atomic E-state index is -3.56. The molecule has 1 fully saturated rings. The molecule has 0 aromatic heterocycles. The summed E-state index contributed by atoms with van der Waals surface area (Å²) in [5.74, 6) is -0.857. The van der Waals surface area contributed by atoms with Gasteiger partial charge in [-0.1, -0.05) is 0 Å². The second kappa shape index (κ2) is 7.27. The monoisotopic (exact) mass is 375 g/mol. The molecule has 0 spiro atoms. The summed E-state index contributed by atoms with van der Waals surface area (Å²) in [6.07, 6.45) is 1.69. The van der Waals surface area contributed by atoms with Gasteiger partial charge in [-0.25, -0.2) is 22.7 Å². The van der Waals surface area contributed by atoms with Crippen LogP contribution in [0.25, 0.3) is 0 Å². The molecule has 0 amide bonds. The van der Waals surface area contributed by atoms with Crippen molar-refractivity contribution in [2.75, 3.05) is 7.11 Å². The Morgan fingerprint density at radius 3 is 2.00 bits per heavy atom. The molecule has 8 heteroatoms. The SMILES string of the molecule is COC(=O)c1ccc(OC(=O)c2ccc(S(=O)(=O)NC3CC3)cc2)cc1. The Morgan fingerprint density at radius 2 is 1.46 bits per heavy atom. The van der Waals surface area contributed by atoms with Crippen LogP contribution < -0.4 is 9.46 Å². The predicted octanol–water partition coefficient (Wildman–Crippen LogP) is 2.13. The van der Waals surface area contributed by atoms with Crippen molar-refractivity contribution >= 4 is 22.0 Å². The van der Waals surface area contributed by atoms with Gasteiger partial charge in [0.05, 0.1) is 23.1 Å². The Labute approximate surface area is 151 Å². The van der Waals surface area contributed by atoms with E-state index in [9.17, 15) is 18.0 Å². The molecule has 2 aromatic carbocycles. The normalized spacial score (nSPS) is 13.9. The van der Waals surface area contributed by atoms with Gasteiger partial charge in [-0.2, -0.15) is 0 Å². The highest BCUT2D eigenvalue weighted by molar-refractivity contribution is 7.89. The quantitative estimate of drug-likeness (QED) is 0.613. The zero-order valence-electron chi connectivity index (χ0n) is 14.0. The molecule has 136 valence electrons. The van der Waals surface area contributed by atoms with Gasteiger partial charge in [-0.05, 0) is 61.4 Å². The lowest BCUT2D eigenvalue weighted by molar-refractivity contribution is 0.0600. The third-order valence-corrected chi connectivity index (χ3v) is 5.32. The van der Waals surface area contributed by atoms with Crippen LogP contribution in [0, 0.1) is 0 Å². The maximum absolute atomic E-state index is 12.2. The first kappa shape index (κ1) is 18.1. The van der Waals surface area contributed by atoms with Gasteiger partial charge in [0.25, 0.3) is 0 Å². The maximum atomic E-state index is 12.2. The van der Waals surface area contributed by atoms with E-state index in [4.69, 9.17) is 4.74 Å². The average molecular weight is 375 g/mol. The molecule has 0 unspecified atom stereocenters. The van der Waals surface area contributed by atoms with Gasteiger partial charge in [0.15, 0.2) is 0 Å². The standard InChI is InChI=1S/C18H17NO6S/c1-24-17(20)12-2-8-15(9-3-12)25-18(21)13-4-10-16(11-5-13)26(22,23)19-14-6-7-14/h2-5,8-11,14,19H,6-7H2,1H3. The van der Waals surface area contributed by atoms with E-state index < -0.39 is 22.0 Å². The van der Waals surface area contributed by atoms with Crippen molar-refractivity contribution in [3.05, 3.63) is 59.7 Å². The number of esters is 2. The van der Waals surface area contributed by atoms with Crippen LogP contribution in [-0.4, -0.2) is 33.5 Å². The van der Waals surface area contributed by atoms with E-state index in [2.05, 4.69) is 9.46 Å². The number of benzene rings is 2. The lowest BCUT2D eigenvalue weighted by Crippen LogP contribution is -2.25. The topological polar surface area (TPSA) is 98.8 Å². The zero-order valence-corrected chi connectivity index (χ0v) is 14.8. The molecule has 26 heavy (non-hydrogen) atoms. The Bertz CT molecular complexity index is 915. The summed E-state index contributed by atoms with van der Waals surface area (Å²) >= 11 is 0. The molecular weight excluding hydrogens is 358 g/mol. The Kier molecular flexibility index (Phi) is 5.06. The van der Waals surface area contributed by atoms with Crippen LogP contribution in [0.1, 0.15) is 33.6 Å². The van der Waals surface area contributed by atoms with Crippen molar-refractivity contribution in [1.82, 2.24) is 4.72 Å². The molecule has 7 nitrogen and oxygen atoms in total. The van der Waals surface area contributed by atoms with E-state index in [0.717, 1.165) is 12.8 Å². The number of methoxy groups -OCH3 is 1. The van der Waals surface area contributed by atoms with Crippen LogP contribution in [0.5, 0.6) is 5.75 Å². The highest BCUT2D eigenvalue weighted by Gasteiger charge is 2.28. The molecule has 0 heterocycles. The van der Waals surface area contributed by atoms with Crippen molar-refractivity contribution in [3.8, 4) is 5.75 Å². The summed E-state index contributed by atoms with van der Waals surface area (Å²) < 4.78 is 36.6. The van der Waals surface area contributed by atoms with E-state index in [1.807, 2.05) is 0 Å². The van der Waals surface area contributed by atoms with Gasteiger partial charge >= 0.3 is 11.9 Å². The van der Waals surface area contributed by atoms with Crippen LogP contribution in [-0.2, 0) is 14.8 Å². The Morgan fingerprint density at radius 1 is 0.923 bits per heavy atom. The lowest BCUT2D eigenvalue weighted by atomic mass is 10.2. The van der Waals surface area contributed by atoms with Crippen molar-refractivity contribution in [3.63, 3.8) is 0 Å². The number of carbonyl (C=O) groups is 2. The first-order valence-corrected chi connectivity index (χ1v) is 9.40. The van der Waals surface area contributed by atoms with Gasteiger partial charge in [0.2, 0.25) is 10.0 Å². The van der Waals surface area contributed by atoms with Crippen molar-refractivity contribution < 1.29 is 27.5 Å². The number of ether oxygens (including phenoxy) is 2. The Balaban J connectivity index is 1.67. The maximum Gasteiger partial charge on any atom is 0.343 e. The summed E-state index contributed by atoms with van der Waals surface area (Å²) in [4.78, 5) is 23.6. The molecule has 0 bridgehead atoms. The summed E-state index contributed by atoms with van der Waals surface area (Å²) in [7, 11) is -2.28. The molecule has 1 N–H and O–H groups in total. The fourth-order valence-corrected chi connectivity index (χ4v) is 3.51. The van der Waals surface area contributed by atoms with Crippen LogP contribution in [0.15, 0.2) is 53.4 Å². The third-order valence-electron chi connectivity index (χ3n) is 3.79. The largest absolute Gasteiger partial charge is 0.465 e. The van der Waals surface area contributed by atoms with Gasteiger partial charge in [0.1, 0.15) is 5.75 Å². The molecule has 3 rings (SSSR count). The fourth-order valence-electron chi connectivity index (χ4n) is 2.20. The smallest absolute Gasteiger partial charge is 0.343 e. The van der Waals surface area contributed by atoms with Crippen LogP contribution >= 0.6 is 0 Å². The van der Waals surface area contributed by atoms with Gasteiger partial charge in [0, 0.05) is 6.04 Å². The predicted molar refractivity (Wildman–Crippen MR) is 92.5 cm³/mol. The Hall–Kier alpha value is -2.71. The zero-order chi connectivity index (χ0) is 18.7. The van der Waals surface area contributed by atoms with Gasteiger partial charge in [-0.15, -0.1) is 0 Å². The minimum Gasteiger partial charge on any atom is -0.465 e. The highest BCUT2D eigenvalue weighted by Crippen LogP contribution is 2.22. The summed E-state index contributed by atoms with van der Waals surface area (Å²) in [5.41, 5.74) is 0.553. The number of rotatable bonds is 6. The number of nitrogens with one attached hydrogen (secondary N) is 1. The van der Waals surface area contributed by atoms with E-state index in [-0.39, 0.29) is 22.3 Å². The van der Waals surface area contributed by atoms with Crippen molar-refractivity contribution in [1.29, 1.82) is 0 Å². The third kappa shape index (κ3) is 4.27. The number of hydrogen-bond acceptors (Lipinski definition) is 6. The molecule has 0 aliphatic heterocycles. The number of carbonyl (C=O) groups excluding carboxylic acids is 2. The van der Waals surface area contributed by atoms with Gasteiger partial charge < -0.3 is 9.47 Å². The molecule has 0 atom stereocenters. The molecule has 0 radical (unpaired) electrons.